The first-order valence-corrected chi connectivity index (χ1v) is 16.9. The van der Waals surface area contributed by atoms with Gasteiger partial charge in [0.2, 0.25) is 0 Å². The molecule has 3 aromatic carbocycles. The van der Waals surface area contributed by atoms with Gasteiger partial charge in [-0.25, -0.2) is 4.79 Å². The number of carbonyl (C=O) groups excluding carboxylic acids is 1. The van der Waals surface area contributed by atoms with E-state index in [0.29, 0.717) is 25.4 Å². The lowest BCUT2D eigenvalue weighted by atomic mass is 10.0. The quantitative estimate of drug-likeness (QED) is 0.0739. The normalized spacial score (nSPS) is 11.7. The molecule has 0 aliphatic rings. The molecule has 0 aliphatic heterocycles. The number of ether oxygens (including phenoxy) is 3. The van der Waals surface area contributed by atoms with Crippen LogP contribution in [0.25, 0.3) is 11.3 Å². The molecule has 45 heavy (non-hydrogen) atoms. The number of aromatic nitrogens is 1. The van der Waals surface area contributed by atoms with Gasteiger partial charge in [-0.15, -0.1) is 0 Å². The molecule has 0 saturated carbocycles. The van der Waals surface area contributed by atoms with Crippen molar-refractivity contribution in [1.29, 1.82) is 0 Å². The fraction of sp³-hybridized carbons (Fsp3) is 0.425. The van der Waals surface area contributed by atoms with Crippen molar-refractivity contribution >= 4 is 5.97 Å². The molecule has 5 heteroatoms. The van der Waals surface area contributed by atoms with Gasteiger partial charge in [-0.05, 0) is 98.3 Å². The van der Waals surface area contributed by atoms with Crippen molar-refractivity contribution < 1.29 is 19.0 Å². The number of benzene rings is 3. The van der Waals surface area contributed by atoms with Crippen molar-refractivity contribution in [3.63, 3.8) is 0 Å². The van der Waals surface area contributed by atoms with Crippen LogP contribution in [-0.4, -0.2) is 29.9 Å². The summed E-state index contributed by atoms with van der Waals surface area (Å²) < 4.78 is 19.8. The highest BCUT2D eigenvalue weighted by Gasteiger charge is 2.22. The number of carbonyl (C=O) groups is 1. The van der Waals surface area contributed by atoms with Crippen LogP contribution in [0, 0.1) is 6.92 Å². The standard InChI is InChI=1S/C40H51NO4/c1-4-6-7-8-9-10-12-16-33-20-24-36(25-21-33)44-30-15-29-41-32(3)19-28-38(41)35-22-26-37(27-23-35)45-39(40(42)43-5-2)31-34-17-13-11-14-18-34/h11,13-14,17-28,39H,4-10,12,15-16,29-31H2,1-3H3/t39-/m1/s1. The average molecular weight is 610 g/mol. The van der Waals surface area contributed by atoms with Crippen LogP contribution in [-0.2, 0) is 28.9 Å². The molecule has 4 aromatic rings. The second-order valence-corrected chi connectivity index (χ2v) is 11.8. The van der Waals surface area contributed by atoms with Gasteiger partial charge in [-0.2, -0.15) is 0 Å². The van der Waals surface area contributed by atoms with E-state index in [4.69, 9.17) is 14.2 Å². The van der Waals surface area contributed by atoms with Crippen LogP contribution < -0.4 is 9.47 Å². The predicted molar refractivity (Wildman–Crippen MR) is 184 cm³/mol. The fourth-order valence-corrected chi connectivity index (χ4v) is 5.67. The monoisotopic (exact) mass is 609 g/mol. The molecule has 1 heterocycles. The Hall–Kier alpha value is -3.99. The van der Waals surface area contributed by atoms with Gasteiger partial charge in [-0.3, -0.25) is 0 Å². The minimum absolute atomic E-state index is 0.319. The summed E-state index contributed by atoms with van der Waals surface area (Å²) in [6.45, 7) is 8.07. The second kappa shape index (κ2) is 18.7. The third-order valence-electron chi connectivity index (χ3n) is 8.23. The fourth-order valence-electron chi connectivity index (χ4n) is 5.67. The summed E-state index contributed by atoms with van der Waals surface area (Å²) >= 11 is 0. The highest BCUT2D eigenvalue weighted by molar-refractivity contribution is 5.75. The van der Waals surface area contributed by atoms with Crippen LogP contribution in [0.3, 0.4) is 0 Å². The van der Waals surface area contributed by atoms with E-state index in [-0.39, 0.29) is 5.97 Å². The Morgan fingerprint density at radius 1 is 0.711 bits per heavy atom. The third-order valence-corrected chi connectivity index (χ3v) is 8.23. The maximum Gasteiger partial charge on any atom is 0.347 e. The lowest BCUT2D eigenvalue weighted by molar-refractivity contribution is -0.151. The Morgan fingerprint density at radius 3 is 2.11 bits per heavy atom. The van der Waals surface area contributed by atoms with Crippen molar-refractivity contribution in [2.45, 2.75) is 97.6 Å². The molecule has 0 N–H and O–H groups in total. The molecule has 240 valence electrons. The molecular formula is C40H51NO4. The number of aryl methyl sites for hydroxylation is 2. The number of hydrogen-bond donors (Lipinski definition) is 0. The maximum atomic E-state index is 12.6. The van der Waals surface area contributed by atoms with Crippen molar-refractivity contribution in [1.82, 2.24) is 4.57 Å². The first kappa shape index (κ1) is 33.9. The zero-order valence-electron chi connectivity index (χ0n) is 27.5. The molecule has 1 atom stereocenters. The van der Waals surface area contributed by atoms with Crippen molar-refractivity contribution in [3.05, 3.63) is 108 Å². The number of rotatable bonds is 20. The topological polar surface area (TPSA) is 49.7 Å². The molecule has 0 aliphatic carbocycles. The van der Waals surface area contributed by atoms with Gasteiger partial charge in [0.15, 0.2) is 6.10 Å². The molecule has 0 amide bonds. The average Bonchev–Trinajstić information content (AvgIpc) is 3.43. The number of nitrogens with zero attached hydrogens (tertiary/aromatic N) is 1. The number of esters is 1. The lowest BCUT2D eigenvalue weighted by Gasteiger charge is -2.18. The Labute approximate surface area is 270 Å². The molecule has 5 nitrogen and oxygen atoms in total. The van der Waals surface area contributed by atoms with Crippen LogP contribution >= 0.6 is 0 Å². The third kappa shape index (κ3) is 11.1. The van der Waals surface area contributed by atoms with Crippen molar-refractivity contribution in [2.75, 3.05) is 13.2 Å². The summed E-state index contributed by atoms with van der Waals surface area (Å²) in [5.41, 5.74) is 5.89. The minimum Gasteiger partial charge on any atom is -0.494 e. The van der Waals surface area contributed by atoms with Gasteiger partial charge in [-0.1, -0.05) is 87.9 Å². The van der Waals surface area contributed by atoms with E-state index >= 15 is 0 Å². The minimum atomic E-state index is -0.703. The van der Waals surface area contributed by atoms with Crippen molar-refractivity contribution in [3.8, 4) is 22.8 Å². The molecular weight excluding hydrogens is 558 g/mol. The largest absolute Gasteiger partial charge is 0.494 e. The molecule has 4 rings (SSSR count). The Kier molecular flexibility index (Phi) is 14.1. The van der Waals surface area contributed by atoms with Gasteiger partial charge in [0.05, 0.1) is 13.2 Å². The van der Waals surface area contributed by atoms with E-state index in [0.717, 1.165) is 42.0 Å². The summed E-state index contributed by atoms with van der Waals surface area (Å²) in [6, 6.07) is 30.8. The highest BCUT2D eigenvalue weighted by atomic mass is 16.6. The van der Waals surface area contributed by atoms with Crippen LogP contribution in [0.4, 0.5) is 0 Å². The van der Waals surface area contributed by atoms with E-state index in [1.54, 1.807) is 0 Å². The van der Waals surface area contributed by atoms with Gasteiger partial charge >= 0.3 is 5.97 Å². The van der Waals surface area contributed by atoms with Crippen molar-refractivity contribution in [2.24, 2.45) is 0 Å². The lowest BCUT2D eigenvalue weighted by Crippen LogP contribution is -2.31. The van der Waals surface area contributed by atoms with Crippen LogP contribution in [0.2, 0.25) is 0 Å². The summed E-state index contributed by atoms with van der Waals surface area (Å²) in [5.74, 6) is 1.23. The van der Waals surface area contributed by atoms with E-state index < -0.39 is 6.10 Å². The van der Waals surface area contributed by atoms with E-state index in [2.05, 4.69) is 66.9 Å². The molecule has 0 saturated heterocycles. The Balaban J connectivity index is 1.25. The van der Waals surface area contributed by atoms with E-state index in [9.17, 15) is 4.79 Å². The van der Waals surface area contributed by atoms with Crippen LogP contribution in [0.1, 0.15) is 82.0 Å². The number of hydrogen-bond acceptors (Lipinski definition) is 4. The zero-order valence-corrected chi connectivity index (χ0v) is 27.5. The van der Waals surface area contributed by atoms with Gasteiger partial charge in [0.1, 0.15) is 11.5 Å². The van der Waals surface area contributed by atoms with Crippen LogP contribution in [0.5, 0.6) is 11.5 Å². The highest BCUT2D eigenvalue weighted by Crippen LogP contribution is 2.26. The first-order valence-electron chi connectivity index (χ1n) is 16.9. The molecule has 0 spiro atoms. The first-order chi connectivity index (χ1) is 22.1. The predicted octanol–water partition coefficient (Wildman–Crippen LogP) is 9.78. The summed E-state index contributed by atoms with van der Waals surface area (Å²) in [7, 11) is 0. The van der Waals surface area contributed by atoms with E-state index in [1.807, 2.05) is 49.4 Å². The summed E-state index contributed by atoms with van der Waals surface area (Å²) in [4.78, 5) is 12.6. The SMILES string of the molecule is CCCCCCCCCc1ccc(OCCCn2c(C)ccc2-c2ccc(O[C@H](Cc3ccccc3)C(=O)OCC)cc2)cc1. The smallest absolute Gasteiger partial charge is 0.347 e. The Bertz CT molecular complexity index is 1390. The maximum absolute atomic E-state index is 12.6. The van der Waals surface area contributed by atoms with Gasteiger partial charge in [0, 0.05) is 24.4 Å². The zero-order chi connectivity index (χ0) is 31.7. The molecule has 0 bridgehead atoms. The Morgan fingerprint density at radius 2 is 1.40 bits per heavy atom. The molecule has 1 aromatic heterocycles. The molecule has 0 fully saturated rings. The summed E-state index contributed by atoms with van der Waals surface area (Å²) in [6.07, 6.45) is 11.2. The molecule has 0 unspecified atom stereocenters. The number of unbranched alkanes of at least 4 members (excludes halogenated alkanes) is 6. The second-order valence-electron chi connectivity index (χ2n) is 11.8. The van der Waals surface area contributed by atoms with Gasteiger partial charge < -0.3 is 18.8 Å². The van der Waals surface area contributed by atoms with Gasteiger partial charge in [0.25, 0.3) is 0 Å². The van der Waals surface area contributed by atoms with E-state index in [1.165, 1.54) is 56.2 Å². The van der Waals surface area contributed by atoms with Crippen LogP contribution in [0.15, 0.2) is 91.0 Å². The summed E-state index contributed by atoms with van der Waals surface area (Å²) in [5, 5.41) is 0. The molecule has 0 radical (unpaired) electrons.